The van der Waals surface area contributed by atoms with Gasteiger partial charge in [-0.25, -0.2) is 8.42 Å². The molecule has 2 unspecified atom stereocenters. The van der Waals surface area contributed by atoms with E-state index in [0.717, 1.165) is 17.8 Å². The molecule has 0 aliphatic heterocycles. The van der Waals surface area contributed by atoms with Crippen LogP contribution in [0.15, 0.2) is 15.7 Å². The Balaban J connectivity index is 2.05. The average Bonchev–Trinajstić information content (AvgIpc) is 2.82. The van der Waals surface area contributed by atoms with Gasteiger partial charge in [0.1, 0.15) is 4.21 Å². The molecule has 2 rings (SSSR count). The van der Waals surface area contributed by atoms with Crippen molar-refractivity contribution in [3.8, 4) is 0 Å². The molecule has 0 spiro atoms. The number of methoxy groups -OCH3 is 1. The first-order valence-electron chi connectivity index (χ1n) is 6.03. The topological polar surface area (TPSA) is 72.5 Å². The number of thiophene rings is 1. The zero-order chi connectivity index (χ0) is 15.1. The molecular weight excluding hydrogens is 322 g/mol. The lowest BCUT2D eigenvalue weighted by Gasteiger charge is -2.51. The van der Waals surface area contributed by atoms with Crippen LogP contribution in [0.25, 0.3) is 0 Å². The SMILES string of the molecule is COC1CC(NC(=O)c2csc(S(=O)(=O)Cl)c2)C1(C)C. The molecule has 8 heteroatoms. The first-order valence-corrected chi connectivity index (χ1v) is 9.22. The van der Waals surface area contributed by atoms with Gasteiger partial charge in [-0.2, -0.15) is 0 Å². The Kier molecular flexibility index (Phi) is 4.17. The Labute approximate surface area is 126 Å². The fraction of sp³-hybridized carbons (Fsp3) is 0.583. The molecule has 0 aromatic carbocycles. The monoisotopic (exact) mass is 337 g/mol. The fourth-order valence-electron chi connectivity index (χ4n) is 2.34. The smallest absolute Gasteiger partial charge is 0.270 e. The molecule has 112 valence electrons. The predicted molar refractivity (Wildman–Crippen MR) is 77.8 cm³/mol. The van der Waals surface area contributed by atoms with Crippen molar-refractivity contribution in [3.05, 3.63) is 17.0 Å². The quantitative estimate of drug-likeness (QED) is 0.855. The number of amides is 1. The molecule has 0 radical (unpaired) electrons. The molecule has 20 heavy (non-hydrogen) atoms. The van der Waals surface area contributed by atoms with E-state index in [1.807, 2.05) is 13.8 Å². The highest BCUT2D eigenvalue weighted by atomic mass is 35.7. The third kappa shape index (κ3) is 2.86. The van der Waals surface area contributed by atoms with Crippen molar-refractivity contribution in [2.45, 2.75) is 36.6 Å². The summed E-state index contributed by atoms with van der Waals surface area (Å²) in [5, 5.41) is 4.39. The molecule has 2 atom stereocenters. The Bertz CT molecular complexity index is 623. The van der Waals surface area contributed by atoms with Crippen LogP contribution in [0, 0.1) is 5.41 Å². The van der Waals surface area contributed by atoms with Gasteiger partial charge in [0, 0.05) is 34.6 Å². The van der Waals surface area contributed by atoms with Crippen LogP contribution in [-0.2, 0) is 13.8 Å². The van der Waals surface area contributed by atoms with Gasteiger partial charge in [-0.1, -0.05) is 13.8 Å². The van der Waals surface area contributed by atoms with Crippen molar-refractivity contribution in [2.24, 2.45) is 5.41 Å². The Morgan fingerprint density at radius 2 is 2.20 bits per heavy atom. The van der Waals surface area contributed by atoms with Crippen LogP contribution >= 0.6 is 22.0 Å². The molecule has 1 amide bonds. The summed E-state index contributed by atoms with van der Waals surface area (Å²) in [6.45, 7) is 4.05. The van der Waals surface area contributed by atoms with Gasteiger partial charge in [0.25, 0.3) is 15.0 Å². The summed E-state index contributed by atoms with van der Waals surface area (Å²) in [4.78, 5) is 12.1. The highest BCUT2D eigenvalue weighted by molar-refractivity contribution is 8.15. The van der Waals surface area contributed by atoms with Crippen LogP contribution in [0.3, 0.4) is 0 Å². The molecule has 0 saturated heterocycles. The van der Waals surface area contributed by atoms with Crippen LogP contribution in [0.1, 0.15) is 30.6 Å². The second-order valence-electron chi connectivity index (χ2n) is 5.40. The van der Waals surface area contributed by atoms with Gasteiger partial charge in [-0.3, -0.25) is 4.79 Å². The predicted octanol–water partition coefficient (Wildman–Crippen LogP) is 2.22. The highest BCUT2D eigenvalue weighted by Crippen LogP contribution is 2.42. The normalized spacial score (nSPS) is 25.0. The minimum Gasteiger partial charge on any atom is -0.381 e. The fourth-order valence-corrected chi connectivity index (χ4v) is 4.28. The molecule has 1 aromatic rings. The van der Waals surface area contributed by atoms with Gasteiger partial charge in [0.05, 0.1) is 11.7 Å². The highest BCUT2D eigenvalue weighted by Gasteiger charge is 2.49. The summed E-state index contributed by atoms with van der Waals surface area (Å²) in [6.07, 6.45) is 0.870. The molecule has 1 aliphatic rings. The van der Waals surface area contributed by atoms with E-state index in [1.54, 1.807) is 7.11 Å². The minimum atomic E-state index is -3.78. The lowest BCUT2D eigenvalue weighted by atomic mass is 9.64. The number of hydrogen-bond donors (Lipinski definition) is 1. The Hall–Kier alpha value is -0.630. The van der Waals surface area contributed by atoms with Crippen LogP contribution < -0.4 is 5.32 Å². The van der Waals surface area contributed by atoms with E-state index < -0.39 is 9.05 Å². The lowest BCUT2D eigenvalue weighted by molar-refractivity contribution is -0.0942. The first kappa shape index (κ1) is 15.8. The van der Waals surface area contributed by atoms with Crippen molar-refractivity contribution in [1.29, 1.82) is 0 Å². The third-order valence-corrected chi connectivity index (χ3v) is 6.89. The molecule has 1 N–H and O–H groups in total. The summed E-state index contributed by atoms with van der Waals surface area (Å²) >= 11 is 0.937. The Morgan fingerprint density at radius 3 is 2.65 bits per heavy atom. The van der Waals surface area contributed by atoms with E-state index in [0.29, 0.717) is 5.56 Å². The molecule has 5 nitrogen and oxygen atoms in total. The maximum atomic E-state index is 12.1. The number of nitrogens with one attached hydrogen (secondary N) is 1. The van der Waals surface area contributed by atoms with E-state index >= 15 is 0 Å². The maximum Gasteiger partial charge on any atom is 0.270 e. The largest absolute Gasteiger partial charge is 0.381 e. The van der Waals surface area contributed by atoms with Crippen LogP contribution in [0.2, 0.25) is 0 Å². The lowest BCUT2D eigenvalue weighted by Crippen LogP contribution is -2.61. The van der Waals surface area contributed by atoms with E-state index in [4.69, 9.17) is 15.4 Å². The van der Waals surface area contributed by atoms with E-state index in [1.165, 1.54) is 11.4 Å². The van der Waals surface area contributed by atoms with Crippen molar-refractivity contribution in [1.82, 2.24) is 5.32 Å². The van der Waals surface area contributed by atoms with Crippen molar-refractivity contribution in [2.75, 3.05) is 7.11 Å². The second-order valence-corrected chi connectivity index (χ2v) is 9.10. The number of halogens is 1. The number of ether oxygens (including phenoxy) is 1. The summed E-state index contributed by atoms with van der Waals surface area (Å²) in [5.74, 6) is -0.291. The Morgan fingerprint density at radius 1 is 1.55 bits per heavy atom. The van der Waals surface area contributed by atoms with Gasteiger partial charge in [-0.05, 0) is 12.5 Å². The summed E-state index contributed by atoms with van der Waals surface area (Å²) in [5.41, 5.74) is 0.174. The van der Waals surface area contributed by atoms with Crippen molar-refractivity contribution < 1.29 is 17.9 Å². The molecule has 0 bridgehead atoms. The molecule has 1 aliphatic carbocycles. The van der Waals surface area contributed by atoms with Gasteiger partial charge < -0.3 is 10.1 Å². The van der Waals surface area contributed by atoms with Crippen molar-refractivity contribution in [3.63, 3.8) is 0 Å². The number of carbonyl (C=O) groups excluding carboxylic acids is 1. The van der Waals surface area contributed by atoms with E-state index in [-0.39, 0.29) is 27.7 Å². The molecular formula is C12H16ClNO4S2. The summed E-state index contributed by atoms with van der Waals surface area (Å²) < 4.78 is 27.6. The van der Waals surface area contributed by atoms with Gasteiger partial charge in [0.15, 0.2) is 0 Å². The maximum absolute atomic E-state index is 12.1. The number of rotatable bonds is 4. The van der Waals surface area contributed by atoms with Gasteiger partial charge in [-0.15, -0.1) is 11.3 Å². The zero-order valence-corrected chi connectivity index (χ0v) is 13.7. The van der Waals surface area contributed by atoms with Crippen LogP contribution in [0.5, 0.6) is 0 Å². The zero-order valence-electron chi connectivity index (χ0n) is 11.3. The van der Waals surface area contributed by atoms with Crippen LogP contribution in [0.4, 0.5) is 0 Å². The number of carbonyl (C=O) groups is 1. The molecule has 1 saturated carbocycles. The first-order chi connectivity index (χ1) is 9.16. The molecule has 1 aromatic heterocycles. The van der Waals surface area contributed by atoms with Gasteiger partial charge >= 0.3 is 0 Å². The van der Waals surface area contributed by atoms with Crippen molar-refractivity contribution >= 4 is 37.0 Å². The summed E-state index contributed by atoms with van der Waals surface area (Å²) in [7, 11) is 3.11. The third-order valence-electron chi connectivity index (χ3n) is 3.85. The molecule has 1 fully saturated rings. The molecule has 1 heterocycles. The van der Waals surface area contributed by atoms with E-state index in [2.05, 4.69) is 5.32 Å². The standard InChI is InChI=1S/C12H16ClNO4S2/c1-12(2)8(5-9(12)18-3)14-11(15)7-4-10(19-6-7)20(13,16)17/h4,6,8-9H,5H2,1-3H3,(H,14,15). The van der Waals surface area contributed by atoms with Crippen LogP contribution in [-0.4, -0.2) is 33.6 Å². The van der Waals surface area contributed by atoms with Gasteiger partial charge in [0.2, 0.25) is 0 Å². The van der Waals surface area contributed by atoms with E-state index in [9.17, 15) is 13.2 Å². The minimum absolute atomic E-state index is 0.0101. The average molecular weight is 338 g/mol. The number of hydrogen-bond acceptors (Lipinski definition) is 5. The summed E-state index contributed by atoms with van der Waals surface area (Å²) in [6, 6.07) is 1.30. The second kappa shape index (κ2) is 5.29.